The molecule has 1 aliphatic rings. The third kappa shape index (κ3) is 5.41. The molecule has 0 bridgehead atoms. The summed E-state index contributed by atoms with van der Waals surface area (Å²) in [7, 11) is 0. The highest BCUT2D eigenvalue weighted by Gasteiger charge is 2.20. The molecule has 1 atom stereocenters. The number of hydrogen-bond donors (Lipinski definition) is 2. The smallest absolute Gasteiger partial charge is 0.252 e. The molecule has 1 aromatic carbocycles. The number of nitrogens with zero attached hydrogens (tertiary/aromatic N) is 1. The topological polar surface area (TPSA) is 61.4 Å². The lowest BCUT2D eigenvalue weighted by molar-refractivity contribution is -0.121. The van der Waals surface area contributed by atoms with Crippen LogP contribution in [0, 0.1) is 0 Å². The Morgan fingerprint density at radius 2 is 1.88 bits per heavy atom. The molecule has 2 heterocycles. The summed E-state index contributed by atoms with van der Waals surface area (Å²) in [6.45, 7) is 3.36. The molecule has 1 aromatic heterocycles. The molecule has 0 saturated carbocycles. The van der Waals surface area contributed by atoms with Gasteiger partial charge in [-0.15, -0.1) is 0 Å². The molecule has 26 heavy (non-hydrogen) atoms. The highest BCUT2D eigenvalue weighted by atomic mass is 32.1. The number of carbonyl (C=O) groups excluding carboxylic acids is 2. The zero-order valence-electron chi connectivity index (χ0n) is 14.8. The summed E-state index contributed by atoms with van der Waals surface area (Å²) in [6, 6.07) is 11.9. The van der Waals surface area contributed by atoms with E-state index in [1.54, 1.807) is 11.4 Å². The average Bonchev–Trinajstić information content (AvgIpc) is 3.36. The standard InChI is InChI=1S/C20H25N3O2S/c24-19(8-10-21-20(25)17-9-13-26-15-17)22-18(14-23-11-4-5-12-23)16-6-2-1-3-7-16/h1-3,6-7,9,13,15,18H,4-5,8,10-12,14H2,(H,21,25)(H,22,24). The van der Waals surface area contributed by atoms with Gasteiger partial charge in [0.1, 0.15) is 0 Å². The molecular formula is C20H25N3O2S. The van der Waals surface area contributed by atoms with E-state index in [9.17, 15) is 9.59 Å². The summed E-state index contributed by atoms with van der Waals surface area (Å²) < 4.78 is 0. The van der Waals surface area contributed by atoms with Crippen molar-refractivity contribution in [3.63, 3.8) is 0 Å². The number of likely N-dealkylation sites (tertiary alicyclic amines) is 1. The first-order valence-electron chi connectivity index (χ1n) is 9.09. The van der Waals surface area contributed by atoms with Gasteiger partial charge in [-0.25, -0.2) is 0 Å². The van der Waals surface area contributed by atoms with Gasteiger partial charge in [-0.3, -0.25) is 9.59 Å². The Kier molecular flexibility index (Phi) is 6.80. The summed E-state index contributed by atoms with van der Waals surface area (Å²) in [4.78, 5) is 26.7. The molecule has 1 aliphatic heterocycles. The zero-order chi connectivity index (χ0) is 18.2. The molecule has 5 nitrogen and oxygen atoms in total. The van der Waals surface area contributed by atoms with Crippen LogP contribution in [0.15, 0.2) is 47.2 Å². The maximum Gasteiger partial charge on any atom is 0.252 e. The number of nitrogens with one attached hydrogen (secondary N) is 2. The Bertz CT molecular complexity index is 697. The Morgan fingerprint density at radius 1 is 1.12 bits per heavy atom. The molecule has 1 saturated heterocycles. The third-order valence-corrected chi connectivity index (χ3v) is 5.28. The van der Waals surface area contributed by atoms with Crippen molar-refractivity contribution in [2.45, 2.75) is 25.3 Å². The number of benzene rings is 1. The highest BCUT2D eigenvalue weighted by Crippen LogP contribution is 2.17. The second-order valence-corrected chi connectivity index (χ2v) is 7.34. The fourth-order valence-corrected chi connectivity index (χ4v) is 3.83. The van der Waals surface area contributed by atoms with Crippen LogP contribution in [-0.2, 0) is 4.79 Å². The Balaban J connectivity index is 1.50. The van der Waals surface area contributed by atoms with Gasteiger partial charge in [0, 0.05) is 30.5 Å². The van der Waals surface area contributed by atoms with Crippen molar-refractivity contribution in [2.24, 2.45) is 0 Å². The maximum absolute atomic E-state index is 12.4. The molecule has 138 valence electrons. The molecule has 2 amide bonds. The van der Waals surface area contributed by atoms with E-state index in [0.29, 0.717) is 12.1 Å². The molecule has 3 rings (SSSR count). The van der Waals surface area contributed by atoms with Gasteiger partial charge in [0.25, 0.3) is 5.91 Å². The van der Waals surface area contributed by atoms with Crippen LogP contribution < -0.4 is 10.6 Å². The molecular weight excluding hydrogens is 346 g/mol. The molecule has 1 unspecified atom stereocenters. The van der Waals surface area contributed by atoms with Gasteiger partial charge in [0.2, 0.25) is 5.91 Å². The number of amides is 2. The first-order valence-corrected chi connectivity index (χ1v) is 10.0. The minimum absolute atomic E-state index is 0.0191. The average molecular weight is 372 g/mol. The largest absolute Gasteiger partial charge is 0.351 e. The van der Waals surface area contributed by atoms with Crippen LogP contribution in [0.4, 0.5) is 0 Å². The molecule has 0 spiro atoms. The first-order chi connectivity index (χ1) is 12.7. The fraction of sp³-hybridized carbons (Fsp3) is 0.400. The predicted molar refractivity (Wildman–Crippen MR) is 104 cm³/mol. The van der Waals surface area contributed by atoms with E-state index in [2.05, 4.69) is 27.7 Å². The van der Waals surface area contributed by atoms with E-state index >= 15 is 0 Å². The summed E-state index contributed by atoms with van der Waals surface area (Å²) >= 11 is 1.48. The van der Waals surface area contributed by atoms with E-state index in [4.69, 9.17) is 0 Å². The number of rotatable bonds is 8. The summed E-state index contributed by atoms with van der Waals surface area (Å²) in [5.74, 6) is -0.167. The lowest BCUT2D eigenvalue weighted by Crippen LogP contribution is -2.38. The van der Waals surface area contributed by atoms with Gasteiger partial charge in [-0.2, -0.15) is 11.3 Å². The summed E-state index contributed by atoms with van der Waals surface area (Å²) in [5, 5.41) is 9.61. The van der Waals surface area contributed by atoms with Crippen LogP contribution in [0.2, 0.25) is 0 Å². The van der Waals surface area contributed by atoms with Crippen molar-refractivity contribution < 1.29 is 9.59 Å². The van der Waals surface area contributed by atoms with E-state index in [1.807, 2.05) is 23.6 Å². The highest BCUT2D eigenvalue weighted by molar-refractivity contribution is 7.08. The van der Waals surface area contributed by atoms with Gasteiger partial charge < -0.3 is 15.5 Å². The van der Waals surface area contributed by atoms with Crippen molar-refractivity contribution in [2.75, 3.05) is 26.2 Å². The van der Waals surface area contributed by atoms with Crippen LogP contribution in [0.1, 0.15) is 41.2 Å². The molecule has 1 fully saturated rings. The maximum atomic E-state index is 12.4. The van der Waals surface area contributed by atoms with Crippen LogP contribution in [0.25, 0.3) is 0 Å². The Labute approximate surface area is 158 Å². The predicted octanol–water partition coefficient (Wildman–Crippen LogP) is 2.82. The van der Waals surface area contributed by atoms with Gasteiger partial charge in [-0.05, 0) is 42.9 Å². The van der Waals surface area contributed by atoms with Gasteiger partial charge in [-0.1, -0.05) is 30.3 Å². The SMILES string of the molecule is O=C(CCNC(=O)c1ccsc1)NC(CN1CCCC1)c1ccccc1. The second-order valence-electron chi connectivity index (χ2n) is 6.56. The van der Waals surface area contributed by atoms with Gasteiger partial charge >= 0.3 is 0 Å². The van der Waals surface area contributed by atoms with Crippen LogP contribution in [-0.4, -0.2) is 42.9 Å². The van der Waals surface area contributed by atoms with Crippen molar-refractivity contribution in [3.05, 3.63) is 58.3 Å². The first kappa shape index (κ1) is 18.6. The minimum atomic E-state index is -0.129. The lowest BCUT2D eigenvalue weighted by atomic mass is 10.1. The number of thiophene rings is 1. The lowest BCUT2D eigenvalue weighted by Gasteiger charge is -2.25. The van der Waals surface area contributed by atoms with Crippen molar-refractivity contribution in [1.82, 2.24) is 15.5 Å². The molecule has 6 heteroatoms. The van der Waals surface area contributed by atoms with Crippen LogP contribution in [0.3, 0.4) is 0 Å². The fourth-order valence-electron chi connectivity index (χ4n) is 3.19. The van der Waals surface area contributed by atoms with E-state index < -0.39 is 0 Å². The van der Waals surface area contributed by atoms with Crippen LogP contribution >= 0.6 is 11.3 Å². The summed E-state index contributed by atoms with van der Waals surface area (Å²) in [5.41, 5.74) is 1.77. The van der Waals surface area contributed by atoms with Crippen molar-refractivity contribution in [3.8, 4) is 0 Å². The zero-order valence-corrected chi connectivity index (χ0v) is 15.6. The van der Waals surface area contributed by atoms with Crippen LogP contribution in [0.5, 0.6) is 0 Å². The van der Waals surface area contributed by atoms with E-state index in [0.717, 1.165) is 25.2 Å². The van der Waals surface area contributed by atoms with E-state index in [1.165, 1.54) is 24.2 Å². The summed E-state index contributed by atoms with van der Waals surface area (Å²) in [6.07, 6.45) is 2.73. The Hall–Kier alpha value is -2.18. The third-order valence-electron chi connectivity index (χ3n) is 4.60. The van der Waals surface area contributed by atoms with Crippen molar-refractivity contribution >= 4 is 23.2 Å². The number of carbonyl (C=O) groups is 2. The van der Waals surface area contributed by atoms with Crippen molar-refractivity contribution in [1.29, 1.82) is 0 Å². The normalized spacial score (nSPS) is 15.5. The van der Waals surface area contributed by atoms with Gasteiger partial charge in [0.05, 0.1) is 6.04 Å². The number of hydrogen-bond acceptors (Lipinski definition) is 4. The monoisotopic (exact) mass is 371 g/mol. The molecule has 0 radical (unpaired) electrons. The molecule has 2 aromatic rings. The van der Waals surface area contributed by atoms with Gasteiger partial charge in [0.15, 0.2) is 0 Å². The molecule has 2 N–H and O–H groups in total. The minimum Gasteiger partial charge on any atom is -0.351 e. The van der Waals surface area contributed by atoms with E-state index in [-0.39, 0.29) is 24.3 Å². The molecule has 0 aliphatic carbocycles. The second kappa shape index (κ2) is 9.50. The Morgan fingerprint density at radius 3 is 2.58 bits per heavy atom. The quantitative estimate of drug-likeness (QED) is 0.750.